The minimum Gasteiger partial charge on any atom is -0.505 e. The summed E-state index contributed by atoms with van der Waals surface area (Å²) in [4.78, 5) is 0. The number of halogens is 2. The van der Waals surface area contributed by atoms with Crippen LogP contribution in [0, 0.1) is 5.82 Å². The molecule has 0 spiro atoms. The van der Waals surface area contributed by atoms with Crippen molar-refractivity contribution in [2.45, 2.75) is 0 Å². The van der Waals surface area contributed by atoms with E-state index in [0.717, 1.165) is 12.1 Å². The molecule has 0 radical (unpaired) electrons. The largest absolute Gasteiger partial charge is 0.505 e. The van der Waals surface area contributed by atoms with E-state index < -0.39 is 23.7 Å². The van der Waals surface area contributed by atoms with Crippen molar-refractivity contribution < 1.29 is 19.5 Å². The standard InChI is InChI=1S/C6H5BClFO3/c8-5-3(7(11)12)1-2-4(10)6(5)9/h1-2,10-12H. The lowest BCUT2D eigenvalue weighted by atomic mass is 9.80. The first-order valence-electron chi connectivity index (χ1n) is 3.07. The molecule has 64 valence electrons. The maximum atomic E-state index is 12.7. The molecule has 1 aromatic carbocycles. The molecule has 0 aromatic heterocycles. The van der Waals surface area contributed by atoms with E-state index in [9.17, 15) is 4.39 Å². The molecule has 0 fully saturated rings. The Bertz CT molecular complexity index is 305. The number of benzene rings is 1. The van der Waals surface area contributed by atoms with E-state index >= 15 is 0 Å². The van der Waals surface area contributed by atoms with Crippen molar-refractivity contribution in [1.82, 2.24) is 0 Å². The lowest BCUT2D eigenvalue weighted by molar-refractivity contribution is 0.422. The van der Waals surface area contributed by atoms with Gasteiger partial charge in [-0.05, 0) is 6.07 Å². The molecular weight excluding hydrogens is 185 g/mol. The predicted octanol–water partition coefficient (Wildman–Crippen LogP) is -0.136. The van der Waals surface area contributed by atoms with Crippen molar-refractivity contribution >= 4 is 24.2 Å². The van der Waals surface area contributed by atoms with Crippen LogP contribution in [-0.2, 0) is 0 Å². The summed E-state index contributed by atoms with van der Waals surface area (Å²) in [7, 11) is -1.84. The summed E-state index contributed by atoms with van der Waals surface area (Å²) < 4.78 is 12.7. The number of aromatic hydroxyl groups is 1. The molecule has 3 nitrogen and oxygen atoms in total. The molecule has 0 saturated carbocycles. The summed E-state index contributed by atoms with van der Waals surface area (Å²) in [5, 5.41) is 25.6. The third-order valence-corrected chi connectivity index (χ3v) is 1.75. The van der Waals surface area contributed by atoms with Crippen LogP contribution in [0.2, 0.25) is 5.02 Å². The molecule has 1 aromatic rings. The minimum absolute atomic E-state index is 0.174. The molecule has 1 rings (SSSR count). The Hall–Kier alpha value is -0.775. The summed E-state index contributed by atoms with van der Waals surface area (Å²) >= 11 is 5.34. The van der Waals surface area contributed by atoms with Crippen molar-refractivity contribution in [3.05, 3.63) is 23.0 Å². The summed E-state index contributed by atoms with van der Waals surface area (Å²) in [6, 6.07) is 2.13. The Morgan fingerprint density at radius 2 is 1.92 bits per heavy atom. The fourth-order valence-electron chi connectivity index (χ4n) is 0.754. The van der Waals surface area contributed by atoms with Crippen molar-refractivity contribution in [3.8, 4) is 5.75 Å². The molecule has 6 heteroatoms. The lowest BCUT2D eigenvalue weighted by Gasteiger charge is -2.04. The van der Waals surface area contributed by atoms with Crippen molar-refractivity contribution in [2.75, 3.05) is 0 Å². The van der Waals surface area contributed by atoms with Crippen LogP contribution in [-0.4, -0.2) is 22.3 Å². The number of hydrogen-bond donors (Lipinski definition) is 3. The molecule has 0 heterocycles. The highest BCUT2D eigenvalue weighted by molar-refractivity contribution is 6.62. The highest BCUT2D eigenvalue weighted by Crippen LogP contribution is 2.21. The van der Waals surface area contributed by atoms with Crippen LogP contribution in [0.4, 0.5) is 4.39 Å². The van der Waals surface area contributed by atoms with Crippen LogP contribution in [0.1, 0.15) is 0 Å². The average molecular weight is 190 g/mol. The normalized spacial score (nSPS) is 10.0. The number of rotatable bonds is 1. The molecule has 0 bridgehead atoms. The van der Waals surface area contributed by atoms with Crippen LogP contribution in [0.5, 0.6) is 5.75 Å². The molecule has 0 unspecified atom stereocenters. The molecule has 0 aliphatic rings. The fourth-order valence-corrected chi connectivity index (χ4v) is 1.01. The molecule has 0 saturated heterocycles. The van der Waals surface area contributed by atoms with E-state index in [2.05, 4.69) is 0 Å². The van der Waals surface area contributed by atoms with Gasteiger partial charge in [-0.2, -0.15) is 0 Å². The van der Waals surface area contributed by atoms with Crippen LogP contribution in [0.15, 0.2) is 12.1 Å². The topological polar surface area (TPSA) is 60.7 Å². The van der Waals surface area contributed by atoms with Gasteiger partial charge in [0.05, 0.1) is 5.02 Å². The Kier molecular flexibility index (Phi) is 2.57. The van der Waals surface area contributed by atoms with E-state index in [1.54, 1.807) is 0 Å². The molecule has 12 heavy (non-hydrogen) atoms. The van der Waals surface area contributed by atoms with Crippen LogP contribution in [0.25, 0.3) is 0 Å². The zero-order valence-corrected chi connectivity index (χ0v) is 6.59. The average Bonchev–Trinajstić information content (AvgIpc) is 2.00. The first-order chi connectivity index (χ1) is 5.54. The van der Waals surface area contributed by atoms with Gasteiger partial charge in [-0.15, -0.1) is 0 Å². The van der Waals surface area contributed by atoms with E-state index in [1.807, 2.05) is 0 Å². The lowest BCUT2D eigenvalue weighted by Crippen LogP contribution is -2.31. The van der Waals surface area contributed by atoms with Gasteiger partial charge in [0.25, 0.3) is 0 Å². The Morgan fingerprint density at radius 3 is 2.42 bits per heavy atom. The molecular formula is C6H5BClFO3. The number of hydrogen-bond acceptors (Lipinski definition) is 3. The Labute approximate surface area is 73.2 Å². The van der Waals surface area contributed by atoms with Gasteiger partial charge in [0.15, 0.2) is 11.6 Å². The Morgan fingerprint density at radius 1 is 1.33 bits per heavy atom. The molecule has 3 N–H and O–H groups in total. The van der Waals surface area contributed by atoms with Crippen molar-refractivity contribution in [3.63, 3.8) is 0 Å². The van der Waals surface area contributed by atoms with Gasteiger partial charge in [0, 0.05) is 5.46 Å². The molecule has 0 aliphatic carbocycles. The van der Waals surface area contributed by atoms with Crippen molar-refractivity contribution in [1.29, 1.82) is 0 Å². The van der Waals surface area contributed by atoms with Crippen LogP contribution < -0.4 is 5.46 Å². The SMILES string of the molecule is OB(O)c1ccc(O)c(F)c1Cl. The van der Waals surface area contributed by atoms with Gasteiger partial charge in [-0.3, -0.25) is 0 Å². The third kappa shape index (κ3) is 1.53. The Balaban J connectivity index is 3.27. The second kappa shape index (κ2) is 3.31. The molecule has 0 atom stereocenters. The second-order valence-electron chi connectivity index (χ2n) is 2.18. The van der Waals surface area contributed by atoms with E-state index in [0.29, 0.717) is 0 Å². The van der Waals surface area contributed by atoms with E-state index in [4.69, 9.17) is 26.8 Å². The van der Waals surface area contributed by atoms with Crippen LogP contribution in [0.3, 0.4) is 0 Å². The monoisotopic (exact) mass is 190 g/mol. The fraction of sp³-hybridized carbons (Fsp3) is 0. The van der Waals surface area contributed by atoms with Gasteiger partial charge in [0.2, 0.25) is 0 Å². The second-order valence-corrected chi connectivity index (χ2v) is 2.55. The number of phenolic OH excluding ortho intramolecular Hbond substituents is 1. The summed E-state index contributed by atoms with van der Waals surface area (Å²) in [6.07, 6.45) is 0. The minimum atomic E-state index is -1.84. The van der Waals surface area contributed by atoms with Crippen LogP contribution >= 0.6 is 11.6 Å². The van der Waals surface area contributed by atoms with E-state index in [1.165, 1.54) is 0 Å². The van der Waals surface area contributed by atoms with Gasteiger partial charge < -0.3 is 15.2 Å². The predicted molar refractivity (Wildman–Crippen MR) is 42.9 cm³/mol. The smallest absolute Gasteiger partial charge is 0.490 e. The van der Waals surface area contributed by atoms with E-state index in [-0.39, 0.29) is 5.46 Å². The summed E-state index contributed by atoms with van der Waals surface area (Å²) in [5.41, 5.74) is -0.174. The molecule has 0 aliphatic heterocycles. The number of phenols is 1. The summed E-state index contributed by atoms with van der Waals surface area (Å²) in [6.45, 7) is 0. The van der Waals surface area contributed by atoms with Gasteiger partial charge in [0.1, 0.15) is 0 Å². The maximum Gasteiger partial charge on any atom is 0.490 e. The zero-order valence-electron chi connectivity index (χ0n) is 5.83. The molecule has 0 amide bonds. The zero-order chi connectivity index (χ0) is 9.30. The van der Waals surface area contributed by atoms with Gasteiger partial charge in [-0.1, -0.05) is 17.7 Å². The maximum absolute atomic E-state index is 12.7. The highest BCUT2D eigenvalue weighted by atomic mass is 35.5. The first kappa shape index (κ1) is 9.31. The third-order valence-electron chi connectivity index (χ3n) is 1.37. The summed E-state index contributed by atoms with van der Waals surface area (Å²) in [5.74, 6) is -1.67. The first-order valence-corrected chi connectivity index (χ1v) is 3.45. The highest BCUT2D eigenvalue weighted by Gasteiger charge is 2.19. The quantitative estimate of drug-likeness (QED) is 0.540. The van der Waals surface area contributed by atoms with Gasteiger partial charge >= 0.3 is 7.12 Å². The van der Waals surface area contributed by atoms with Crippen molar-refractivity contribution in [2.24, 2.45) is 0 Å². The van der Waals surface area contributed by atoms with Gasteiger partial charge in [-0.25, -0.2) is 4.39 Å².